The number of rotatable bonds is 5. The first-order chi connectivity index (χ1) is 9.58. The molecule has 20 heavy (non-hydrogen) atoms. The van der Waals surface area contributed by atoms with E-state index in [9.17, 15) is 9.59 Å². The average Bonchev–Trinajstić information content (AvgIpc) is 2.87. The molecule has 1 aromatic heterocycles. The van der Waals surface area contributed by atoms with Crippen molar-refractivity contribution in [2.45, 2.75) is 32.4 Å². The fourth-order valence-corrected chi connectivity index (χ4v) is 2.35. The lowest BCUT2D eigenvalue weighted by Crippen LogP contribution is -2.48. The van der Waals surface area contributed by atoms with Gasteiger partial charge in [0.15, 0.2) is 5.69 Å². The van der Waals surface area contributed by atoms with Crippen LogP contribution in [-0.4, -0.2) is 62.6 Å². The number of nitrogens with one attached hydrogen (secondary N) is 1. The van der Waals surface area contributed by atoms with Crippen molar-refractivity contribution in [2.75, 3.05) is 19.6 Å². The Labute approximate surface area is 116 Å². The van der Waals surface area contributed by atoms with Crippen molar-refractivity contribution in [1.82, 2.24) is 25.2 Å². The molecule has 0 spiro atoms. The number of carbonyl (C=O) groups excluding carboxylic acids is 1. The van der Waals surface area contributed by atoms with E-state index in [1.807, 2.05) is 0 Å². The zero-order valence-electron chi connectivity index (χ0n) is 11.4. The summed E-state index contributed by atoms with van der Waals surface area (Å²) in [5.74, 6) is -1.32. The molecule has 1 aromatic rings. The number of likely N-dealkylation sites (N-methyl/N-ethyl adjacent to an activating group) is 1. The molecule has 0 aliphatic carbocycles. The smallest absolute Gasteiger partial charge is 0.358 e. The third-order valence-electron chi connectivity index (χ3n) is 3.38. The summed E-state index contributed by atoms with van der Waals surface area (Å²) in [7, 11) is 0. The van der Waals surface area contributed by atoms with Crippen LogP contribution in [0.5, 0.6) is 0 Å². The molecule has 110 valence electrons. The molecule has 8 nitrogen and oxygen atoms in total. The molecule has 1 saturated heterocycles. The van der Waals surface area contributed by atoms with E-state index < -0.39 is 5.97 Å². The van der Waals surface area contributed by atoms with Crippen molar-refractivity contribution in [3.8, 4) is 0 Å². The summed E-state index contributed by atoms with van der Waals surface area (Å²) in [5, 5.41) is 18.8. The number of nitrogens with zero attached hydrogens (tertiary/aromatic N) is 4. The molecule has 0 bridgehead atoms. The maximum absolute atomic E-state index is 11.9. The lowest BCUT2D eigenvalue weighted by Gasteiger charge is -2.32. The van der Waals surface area contributed by atoms with Gasteiger partial charge in [-0.3, -0.25) is 4.79 Å². The highest BCUT2D eigenvalue weighted by molar-refractivity contribution is 5.84. The number of carbonyl (C=O) groups is 2. The Bertz CT molecular complexity index is 487. The van der Waals surface area contributed by atoms with Crippen LogP contribution in [0, 0.1) is 0 Å². The second-order valence-corrected chi connectivity index (χ2v) is 4.91. The predicted octanol–water partition coefficient (Wildman–Crippen LogP) is -0.423. The Hall–Kier alpha value is -1.96. The average molecular weight is 281 g/mol. The van der Waals surface area contributed by atoms with Crippen molar-refractivity contribution in [3.05, 3.63) is 11.9 Å². The minimum absolute atomic E-state index is 0.0110. The number of piperidine rings is 1. The van der Waals surface area contributed by atoms with Crippen LogP contribution in [0.4, 0.5) is 0 Å². The van der Waals surface area contributed by atoms with E-state index >= 15 is 0 Å². The molecule has 0 radical (unpaired) electrons. The maximum Gasteiger partial charge on any atom is 0.358 e. The van der Waals surface area contributed by atoms with Gasteiger partial charge in [-0.15, -0.1) is 5.10 Å². The number of amides is 1. The van der Waals surface area contributed by atoms with Crippen LogP contribution in [0.2, 0.25) is 0 Å². The van der Waals surface area contributed by atoms with Crippen molar-refractivity contribution in [3.63, 3.8) is 0 Å². The van der Waals surface area contributed by atoms with Crippen LogP contribution < -0.4 is 5.32 Å². The van der Waals surface area contributed by atoms with E-state index in [1.54, 1.807) is 0 Å². The third kappa shape index (κ3) is 3.77. The molecule has 0 aromatic carbocycles. The zero-order chi connectivity index (χ0) is 14.5. The number of aromatic nitrogens is 3. The Kier molecular flexibility index (Phi) is 4.67. The first kappa shape index (κ1) is 14.4. The largest absolute Gasteiger partial charge is 0.476 e. The van der Waals surface area contributed by atoms with Gasteiger partial charge in [-0.05, 0) is 25.9 Å². The molecule has 8 heteroatoms. The summed E-state index contributed by atoms with van der Waals surface area (Å²) < 4.78 is 1.24. The summed E-state index contributed by atoms with van der Waals surface area (Å²) in [4.78, 5) is 24.9. The fourth-order valence-electron chi connectivity index (χ4n) is 2.35. The van der Waals surface area contributed by atoms with Gasteiger partial charge in [0, 0.05) is 12.6 Å². The van der Waals surface area contributed by atoms with E-state index in [4.69, 9.17) is 5.11 Å². The SMILES string of the molecule is CCN1CCCC(NC(=O)Cn2cc(C(=O)O)nn2)C1. The van der Waals surface area contributed by atoms with Gasteiger partial charge >= 0.3 is 5.97 Å². The van der Waals surface area contributed by atoms with Crippen molar-refractivity contribution >= 4 is 11.9 Å². The highest BCUT2D eigenvalue weighted by Crippen LogP contribution is 2.09. The highest BCUT2D eigenvalue weighted by Gasteiger charge is 2.20. The quantitative estimate of drug-likeness (QED) is 0.760. The number of hydrogen-bond acceptors (Lipinski definition) is 5. The van der Waals surface area contributed by atoms with Crippen molar-refractivity contribution < 1.29 is 14.7 Å². The van der Waals surface area contributed by atoms with E-state index in [1.165, 1.54) is 10.9 Å². The van der Waals surface area contributed by atoms with E-state index in [0.29, 0.717) is 0 Å². The third-order valence-corrected chi connectivity index (χ3v) is 3.38. The summed E-state index contributed by atoms with van der Waals surface area (Å²) in [6.45, 7) is 5.02. The van der Waals surface area contributed by atoms with Crippen LogP contribution in [0.15, 0.2) is 6.20 Å². The van der Waals surface area contributed by atoms with E-state index in [0.717, 1.165) is 32.5 Å². The van der Waals surface area contributed by atoms with Gasteiger partial charge in [-0.1, -0.05) is 12.1 Å². The molecular weight excluding hydrogens is 262 g/mol. The molecule has 1 atom stereocenters. The van der Waals surface area contributed by atoms with Gasteiger partial charge < -0.3 is 15.3 Å². The van der Waals surface area contributed by atoms with Crippen molar-refractivity contribution in [2.24, 2.45) is 0 Å². The number of carboxylic acid groups (broad SMARTS) is 1. The van der Waals surface area contributed by atoms with Crippen LogP contribution >= 0.6 is 0 Å². The Morgan fingerprint density at radius 2 is 2.35 bits per heavy atom. The Morgan fingerprint density at radius 3 is 3.00 bits per heavy atom. The van der Waals surface area contributed by atoms with Crippen LogP contribution in [0.1, 0.15) is 30.3 Å². The number of aromatic carboxylic acids is 1. The maximum atomic E-state index is 11.9. The second kappa shape index (κ2) is 6.47. The number of likely N-dealkylation sites (tertiary alicyclic amines) is 1. The summed E-state index contributed by atoms with van der Waals surface area (Å²) in [6.07, 6.45) is 3.30. The topological polar surface area (TPSA) is 100 Å². The standard InChI is InChI=1S/C12H19N5O3/c1-2-16-5-3-4-9(6-16)13-11(18)8-17-7-10(12(19)20)14-15-17/h7,9H,2-6,8H2,1H3,(H,13,18)(H,19,20). The summed E-state index contributed by atoms with van der Waals surface area (Å²) in [5.41, 5.74) is -0.160. The number of carboxylic acids is 1. The van der Waals surface area contributed by atoms with Crippen LogP contribution in [0.3, 0.4) is 0 Å². The first-order valence-corrected chi connectivity index (χ1v) is 6.73. The second-order valence-electron chi connectivity index (χ2n) is 4.91. The number of hydrogen-bond donors (Lipinski definition) is 2. The van der Waals surface area contributed by atoms with Crippen LogP contribution in [0.25, 0.3) is 0 Å². The molecule has 1 amide bonds. The fraction of sp³-hybridized carbons (Fsp3) is 0.667. The molecular formula is C12H19N5O3. The van der Waals surface area contributed by atoms with Gasteiger partial charge in [0.25, 0.3) is 0 Å². The first-order valence-electron chi connectivity index (χ1n) is 6.73. The van der Waals surface area contributed by atoms with Gasteiger partial charge in [0.05, 0.1) is 6.20 Å². The monoisotopic (exact) mass is 281 g/mol. The Balaban J connectivity index is 1.83. The lowest BCUT2D eigenvalue weighted by molar-refractivity contribution is -0.122. The molecule has 2 heterocycles. The summed E-state index contributed by atoms with van der Waals surface area (Å²) >= 11 is 0. The van der Waals surface area contributed by atoms with Gasteiger partial charge in [-0.2, -0.15) is 0 Å². The van der Waals surface area contributed by atoms with Crippen LogP contribution in [-0.2, 0) is 11.3 Å². The molecule has 0 saturated carbocycles. The highest BCUT2D eigenvalue weighted by atomic mass is 16.4. The zero-order valence-corrected chi connectivity index (χ0v) is 11.4. The lowest BCUT2D eigenvalue weighted by atomic mass is 10.1. The summed E-state index contributed by atoms with van der Waals surface area (Å²) in [6, 6.07) is 0.152. The molecule has 1 aliphatic heterocycles. The molecule has 1 aliphatic rings. The molecule has 2 rings (SSSR count). The molecule has 1 fully saturated rings. The molecule has 1 unspecified atom stereocenters. The minimum Gasteiger partial charge on any atom is -0.476 e. The van der Waals surface area contributed by atoms with Gasteiger partial charge in [-0.25, -0.2) is 9.48 Å². The van der Waals surface area contributed by atoms with E-state index in [2.05, 4.69) is 27.5 Å². The van der Waals surface area contributed by atoms with Gasteiger partial charge in [0.1, 0.15) is 6.54 Å². The predicted molar refractivity (Wildman–Crippen MR) is 70.3 cm³/mol. The van der Waals surface area contributed by atoms with E-state index in [-0.39, 0.29) is 24.2 Å². The molecule has 2 N–H and O–H groups in total. The van der Waals surface area contributed by atoms with Gasteiger partial charge in [0.2, 0.25) is 5.91 Å². The minimum atomic E-state index is -1.15. The van der Waals surface area contributed by atoms with Crippen molar-refractivity contribution in [1.29, 1.82) is 0 Å². The Morgan fingerprint density at radius 1 is 1.55 bits per heavy atom. The normalized spacial score (nSPS) is 19.8.